The third-order valence-electron chi connectivity index (χ3n) is 4.97. The number of likely N-dealkylation sites (N-methyl/N-ethyl adjacent to an activating group) is 1. The normalized spacial score (nSPS) is 16.4. The van der Waals surface area contributed by atoms with Crippen LogP contribution in [0.15, 0.2) is 53.8 Å². The molecule has 0 aliphatic carbocycles. The van der Waals surface area contributed by atoms with E-state index in [1.807, 2.05) is 12.3 Å². The van der Waals surface area contributed by atoms with Crippen LogP contribution in [-0.4, -0.2) is 42.9 Å². The molecule has 0 spiro atoms. The van der Waals surface area contributed by atoms with Gasteiger partial charge in [0, 0.05) is 56.1 Å². The van der Waals surface area contributed by atoms with Crippen molar-refractivity contribution in [3.8, 4) is 11.1 Å². The maximum atomic E-state index is 11.3. The van der Waals surface area contributed by atoms with Crippen molar-refractivity contribution in [2.75, 3.05) is 13.6 Å². The van der Waals surface area contributed by atoms with E-state index < -0.39 is 0 Å². The van der Waals surface area contributed by atoms with Crippen LogP contribution >= 0.6 is 0 Å². The molecule has 0 fully saturated rings. The van der Waals surface area contributed by atoms with Crippen LogP contribution in [0.5, 0.6) is 0 Å². The molecule has 1 N–H and O–H groups in total. The van der Waals surface area contributed by atoms with Gasteiger partial charge in [0.1, 0.15) is 0 Å². The van der Waals surface area contributed by atoms with Crippen LogP contribution in [0, 0.1) is 0 Å². The number of hydrogen-bond donors (Lipinski definition) is 1. The van der Waals surface area contributed by atoms with E-state index in [1.54, 1.807) is 31.7 Å². The predicted octanol–water partition coefficient (Wildman–Crippen LogP) is 1.83. The van der Waals surface area contributed by atoms with Crippen LogP contribution in [-0.2, 0) is 20.2 Å². The van der Waals surface area contributed by atoms with Gasteiger partial charge in [0.2, 0.25) is 5.56 Å². The molecule has 4 heterocycles. The quantitative estimate of drug-likeness (QED) is 0.748. The van der Waals surface area contributed by atoms with Crippen LogP contribution in [0.25, 0.3) is 11.1 Å². The Hall–Kier alpha value is -2.77. The Morgan fingerprint density at radius 1 is 1.15 bits per heavy atom. The van der Waals surface area contributed by atoms with Crippen molar-refractivity contribution in [1.82, 2.24) is 24.2 Å². The average molecular weight is 367 g/mol. The van der Waals surface area contributed by atoms with Crippen molar-refractivity contribution < 1.29 is 5.11 Å². The lowest BCUT2D eigenvalue weighted by molar-refractivity contribution is 0.203. The maximum Gasteiger partial charge on any atom is 0.250 e. The molecular formula is C20H25N5O2. The van der Waals surface area contributed by atoms with Gasteiger partial charge < -0.3 is 9.67 Å². The number of aromatic nitrogens is 4. The summed E-state index contributed by atoms with van der Waals surface area (Å²) >= 11 is 0. The molecule has 1 atom stereocenters. The highest BCUT2D eigenvalue weighted by molar-refractivity contribution is 5.65. The number of fused-ring (bicyclic) bond motifs is 1. The minimum absolute atomic E-state index is 0.0524. The van der Waals surface area contributed by atoms with Crippen molar-refractivity contribution in [2.45, 2.75) is 26.1 Å². The Balaban J connectivity index is 0.000000166. The highest BCUT2D eigenvalue weighted by Gasteiger charge is 2.20. The zero-order chi connectivity index (χ0) is 19.4. The lowest BCUT2D eigenvalue weighted by atomic mass is 10.0. The van der Waals surface area contributed by atoms with E-state index in [9.17, 15) is 9.90 Å². The molecule has 0 amide bonds. The van der Waals surface area contributed by atoms with Gasteiger partial charge in [0.25, 0.3) is 0 Å². The zero-order valence-electron chi connectivity index (χ0n) is 15.9. The van der Waals surface area contributed by atoms with Gasteiger partial charge in [-0.15, -0.1) is 0 Å². The fourth-order valence-corrected chi connectivity index (χ4v) is 3.14. The predicted molar refractivity (Wildman–Crippen MR) is 104 cm³/mol. The Bertz CT molecular complexity index is 963. The van der Waals surface area contributed by atoms with Gasteiger partial charge in [-0.3, -0.25) is 19.4 Å². The Morgan fingerprint density at radius 3 is 2.70 bits per heavy atom. The van der Waals surface area contributed by atoms with Gasteiger partial charge in [-0.2, -0.15) is 5.10 Å². The largest absolute Gasteiger partial charge is 0.392 e. The smallest absolute Gasteiger partial charge is 0.250 e. The lowest BCUT2D eigenvalue weighted by Gasteiger charge is -2.30. The molecule has 3 aromatic heterocycles. The lowest BCUT2D eigenvalue weighted by Crippen LogP contribution is -2.33. The maximum absolute atomic E-state index is 11.3. The fraction of sp³-hybridized carbons (Fsp3) is 0.350. The number of pyridine rings is 2. The molecule has 1 aliphatic heterocycles. The minimum atomic E-state index is -0.0635. The summed E-state index contributed by atoms with van der Waals surface area (Å²) in [5.74, 6) is 0. The van der Waals surface area contributed by atoms with Gasteiger partial charge in [-0.05, 0) is 43.3 Å². The van der Waals surface area contributed by atoms with E-state index in [1.165, 1.54) is 16.3 Å². The van der Waals surface area contributed by atoms with Crippen LogP contribution in [0.1, 0.15) is 24.2 Å². The van der Waals surface area contributed by atoms with Crippen molar-refractivity contribution in [1.29, 1.82) is 0 Å². The number of hydrogen-bond acceptors (Lipinski definition) is 5. The molecular weight excluding hydrogens is 342 g/mol. The van der Waals surface area contributed by atoms with Gasteiger partial charge in [-0.1, -0.05) is 0 Å². The first-order chi connectivity index (χ1) is 13.0. The molecule has 0 saturated carbocycles. The molecule has 7 nitrogen and oxygen atoms in total. The fourth-order valence-electron chi connectivity index (χ4n) is 3.14. The highest BCUT2D eigenvalue weighted by atomic mass is 16.3. The molecule has 0 bridgehead atoms. The number of aliphatic hydroxyl groups is 1. The molecule has 0 saturated heterocycles. The van der Waals surface area contributed by atoms with Crippen molar-refractivity contribution in [3.63, 3.8) is 0 Å². The van der Waals surface area contributed by atoms with Crippen molar-refractivity contribution in [3.05, 3.63) is 70.7 Å². The number of rotatable bonds is 2. The second-order valence-corrected chi connectivity index (χ2v) is 6.69. The topological polar surface area (TPSA) is 76.2 Å². The van der Waals surface area contributed by atoms with E-state index in [4.69, 9.17) is 0 Å². The van der Waals surface area contributed by atoms with Gasteiger partial charge in [0.05, 0.1) is 18.8 Å². The standard InChI is InChI=1S/C12H12N2O2.C8H13N3/c1-14-7-9(2-3-12(14)16)11-4-5-13-6-10(11)8-15;1-7-8-3-4-9-11(8)6-5-10(7)2/h2-7,15H,8H2,1H3;3-4,7H,5-6H2,1-2H3. The van der Waals surface area contributed by atoms with Crippen LogP contribution in [0.2, 0.25) is 0 Å². The van der Waals surface area contributed by atoms with Gasteiger partial charge >= 0.3 is 0 Å². The average Bonchev–Trinajstić information content (AvgIpc) is 3.17. The van der Waals surface area contributed by atoms with Crippen molar-refractivity contribution in [2.24, 2.45) is 7.05 Å². The third kappa shape index (κ3) is 4.15. The van der Waals surface area contributed by atoms with Crippen molar-refractivity contribution >= 4 is 0 Å². The van der Waals surface area contributed by atoms with Gasteiger partial charge in [0.15, 0.2) is 0 Å². The molecule has 0 aromatic carbocycles. The first-order valence-electron chi connectivity index (χ1n) is 8.94. The summed E-state index contributed by atoms with van der Waals surface area (Å²) in [6.07, 6.45) is 6.92. The molecule has 7 heteroatoms. The van der Waals surface area contributed by atoms with Crippen LogP contribution in [0.4, 0.5) is 0 Å². The van der Waals surface area contributed by atoms with Gasteiger partial charge in [-0.25, -0.2) is 0 Å². The number of nitrogens with zero attached hydrogens (tertiary/aromatic N) is 5. The minimum Gasteiger partial charge on any atom is -0.392 e. The van der Waals surface area contributed by atoms with E-state index >= 15 is 0 Å². The summed E-state index contributed by atoms with van der Waals surface area (Å²) < 4.78 is 3.60. The number of aryl methyl sites for hydroxylation is 1. The Morgan fingerprint density at radius 2 is 1.96 bits per heavy atom. The SMILES string of the molecule is CC1c2ccnn2CCN1C.Cn1cc(-c2ccncc2CO)ccc1=O. The first-order valence-corrected chi connectivity index (χ1v) is 8.94. The summed E-state index contributed by atoms with van der Waals surface area (Å²) in [5.41, 5.74) is 3.82. The summed E-state index contributed by atoms with van der Waals surface area (Å²) in [4.78, 5) is 17.6. The molecule has 0 radical (unpaired) electrons. The second-order valence-electron chi connectivity index (χ2n) is 6.69. The van der Waals surface area contributed by atoms with E-state index in [0.29, 0.717) is 6.04 Å². The summed E-state index contributed by atoms with van der Waals surface area (Å²) in [6.45, 7) is 4.29. The number of aliphatic hydroxyl groups excluding tert-OH is 1. The molecule has 4 rings (SSSR count). The first kappa shape index (κ1) is 19.0. The van der Waals surface area contributed by atoms with Crippen LogP contribution in [0.3, 0.4) is 0 Å². The second kappa shape index (κ2) is 8.28. The van der Waals surface area contributed by atoms with E-state index in [-0.39, 0.29) is 12.2 Å². The summed E-state index contributed by atoms with van der Waals surface area (Å²) in [7, 11) is 3.85. The highest BCUT2D eigenvalue weighted by Crippen LogP contribution is 2.22. The zero-order valence-corrected chi connectivity index (χ0v) is 15.9. The Kier molecular flexibility index (Phi) is 5.83. The Labute approximate surface area is 158 Å². The van der Waals surface area contributed by atoms with Crippen LogP contribution < -0.4 is 5.56 Å². The molecule has 3 aromatic rings. The summed E-state index contributed by atoms with van der Waals surface area (Å²) in [5, 5.41) is 13.4. The molecule has 1 unspecified atom stereocenters. The summed E-state index contributed by atoms with van der Waals surface area (Å²) in [6, 6.07) is 7.70. The molecule has 142 valence electrons. The molecule has 1 aliphatic rings. The molecule has 27 heavy (non-hydrogen) atoms. The van der Waals surface area contributed by atoms with E-state index in [2.05, 4.69) is 39.7 Å². The van der Waals surface area contributed by atoms with E-state index in [0.717, 1.165) is 29.8 Å². The third-order valence-corrected chi connectivity index (χ3v) is 4.97. The monoisotopic (exact) mass is 367 g/mol.